The predicted molar refractivity (Wildman–Crippen MR) is 106 cm³/mol. The zero-order valence-corrected chi connectivity index (χ0v) is 16.7. The van der Waals surface area contributed by atoms with Gasteiger partial charge in [0.2, 0.25) is 11.9 Å². The van der Waals surface area contributed by atoms with E-state index in [1.54, 1.807) is 12.1 Å². The van der Waals surface area contributed by atoms with Crippen molar-refractivity contribution in [2.45, 2.75) is 32.2 Å². The van der Waals surface area contributed by atoms with E-state index >= 15 is 0 Å². The van der Waals surface area contributed by atoms with Gasteiger partial charge in [0.1, 0.15) is 18.6 Å². The highest BCUT2D eigenvalue weighted by Crippen LogP contribution is 2.27. The van der Waals surface area contributed by atoms with Gasteiger partial charge in [-0.3, -0.25) is 14.9 Å². The number of anilines is 1. The van der Waals surface area contributed by atoms with E-state index in [9.17, 15) is 9.59 Å². The molecule has 1 aliphatic rings. The van der Waals surface area contributed by atoms with Crippen LogP contribution in [0.15, 0.2) is 24.5 Å². The summed E-state index contributed by atoms with van der Waals surface area (Å²) in [5.74, 6) is 0.0234. The molecular formula is C18H21Cl2N5O3. The molecule has 10 heteroatoms. The lowest BCUT2D eigenvalue weighted by Crippen LogP contribution is -2.34. The maximum Gasteiger partial charge on any atom is 0.264 e. The Morgan fingerprint density at radius 1 is 1.14 bits per heavy atom. The van der Waals surface area contributed by atoms with Crippen molar-refractivity contribution in [3.05, 3.63) is 34.6 Å². The highest BCUT2D eigenvalue weighted by atomic mass is 35.5. The lowest BCUT2D eigenvalue weighted by molar-refractivity contribution is -0.132. The third kappa shape index (κ3) is 5.84. The number of rotatable bonds is 6. The number of nitrogens with one attached hydrogen (secondary N) is 1. The average molecular weight is 426 g/mol. The molecule has 0 atom stereocenters. The van der Waals surface area contributed by atoms with Crippen molar-refractivity contribution in [2.24, 2.45) is 0 Å². The minimum Gasteiger partial charge on any atom is -0.482 e. The second kappa shape index (κ2) is 9.75. The molecule has 0 aliphatic carbocycles. The van der Waals surface area contributed by atoms with Crippen molar-refractivity contribution in [1.29, 1.82) is 0 Å². The lowest BCUT2D eigenvalue weighted by atomic mass is 10.2. The summed E-state index contributed by atoms with van der Waals surface area (Å²) in [5, 5.41) is 7.44. The number of ether oxygens (including phenoxy) is 1. The van der Waals surface area contributed by atoms with Gasteiger partial charge < -0.3 is 9.64 Å². The van der Waals surface area contributed by atoms with Crippen LogP contribution in [0.1, 0.15) is 25.7 Å². The molecule has 0 saturated carbocycles. The highest BCUT2D eigenvalue weighted by molar-refractivity contribution is 6.35. The topological polar surface area (TPSA) is 89.3 Å². The number of aromatic nitrogens is 3. The van der Waals surface area contributed by atoms with Gasteiger partial charge in [-0.2, -0.15) is 0 Å². The van der Waals surface area contributed by atoms with Gasteiger partial charge in [-0.15, -0.1) is 5.10 Å². The van der Waals surface area contributed by atoms with Crippen molar-refractivity contribution in [3.63, 3.8) is 0 Å². The SMILES string of the molecule is O=C(COc1ccc(Cl)cc1Cl)Nc1ncn(CC(=O)N2CCCCCC2)n1. The van der Waals surface area contributed by atoms with Gasteiger partial charge in [0.05, 0.1) is 5.02 Å². The number of carbonyl (C=O) groups is 2. The van der Waals surface area contributed by atoms with Gasteiger partial charge in [0.25, 0.3) is 5.91 Å². The van der Waals surface area contributed by atoms with Gasteiger partial charge in [0.15, 0.2) is 6.61 Å². The fourth-order valence-electron chi connectivity index (χ4n) is 2.88. The van der Waals surface area contributed by atoms with Crippen molar-refractivity contribution < 1.29 is 14.3 Å². The summed E-state index contributed by atoms with van der Waals surface area (Å²) in [6.45, 7) is 1.39. The number of benzene rings is 1. The van der Waals surface area contributed by atoms with Crippen LogP contribution in [-0.2, 0) is 16.1 Å². The lowest BCUT2D eigenvalue weighted by Gasteiger charge is -2.19. The van der Waals surface area contributed by atoms with Gasteiger partial charge >= 0.3 is 0 Å². The number of hydrogen-bond donors (Lipinski definition) is 1. The predicted octanol–water partition coefficient (Wildman–Crippen LogP) is 3.01. The first-order valence-corrected chi connectivity index (χ1v) is 9.82. The van der Waals surface area contributed by atoms with E-state index in [2.05, 4.69) is 15.4 Å². The van der Waals surface area contributed by atoms with E-state index in [1.807, 2.05) is 4.90 Å². The second-order valence-electron chi connectivity index (χ2n) is 6.47. The third-order valence-electron chi connectivity index (χ3n) is 4.30. The van der Waals surface area contributed by atoms with Crippen molar-refractivity contribution in [1.82, 2.24) is 19.7 Å². The van der Waals surface area contributed by atoms with Gasteiger partial charge in [-0.1, -0.05) is 36.0 Å². The fraction of sp³-hybridized carbons (Fsp3) is 0.444. The van der Waals surface area contributed by atoms with E-state index < -0.39 is 5.91 Å². The minimum atomic E-state index is -0.442. The molecule has 0 unspecified atom stereocenters. The smallest absolute Gasteiger partial charge is 0.264 e. The highest BCUT2D eigenvalue weighted by Gasteiger charge is 2.17. The van der Waals surface area contributed by atoms with E-state index in [1.165, 1.54) is 17.1 Å². The molecule has 1 N–H and O–H groups in total. The molecule has 1 aliphatic heterocycles. The maximum atomic E-state index is 12.4. The number of amides is 2. The Balaban J connectivity index is 1.48. The van der Waals surface area contributed by atoms with Crippen LogP contribution in [0.25, 0.3) is 0 Å². The summed E-state index contributed by atoms with van der Waals surface area (Å²) >= 11 is 11.8. The second-order valence-corrected chi connectivity index (χ2v) is 7.32. The molecule has 1 aromatic carbocycles. The van der Waals surface area contributed by atoms with Crippen molar-refractivity contribution in [2.75, 3.05) is 25.0 Å². The molecule has 2 heterocycles. The average Bonchev–Trinajstić information content (AvgIpc) is 2.92. The Morgan fingerprint density at radius 2 is 1.89 bits per heavy atom. The van der Waals surface area contributed by atoms with Crippen LogP contribution < -0.4 is 10.1 Å². The molecule has 0 spiro atoms. The molecule has 2 amide bonds. The summed E-state index contributed by atoms with van der Waals surface area (Å²) < 4.78 is 6.78. The van der Waals surface area contributed by atoms with Gasteiger partial charge in [0, 0.05) is 18.1 Å². The monoisotopic (exact) mass is 425 g/mol. The maximum absolute atomic E-state index is 12.4. The first kappa shape index (κ1) is 20.4. The number of hydrogen-bond acceptors (Lipinski definition) is 5. The molecule has 1 aromatic heterocycles. The molecule has 0 bridgehead atoms. The fourth-order valence-corrected chi connectivity index (χ4v) is 3.35. The van der Waals surface area contributed by atoms with E-state index in [4.69, 9.17) is 27.9 Å². The summed E-state index contributed by atoms with van der Waals surface area (Å²) in [7, 11) is 0. The molecule has 1 fully saturated rings. The Morgan fingerprint density at radius 3 is 2.61 bits per heavy atom. The molecule has 8 nitrogen and oxygen atoms in total. The van der Waals surface area contributed by atoms with Gasteiger partial charge in [-0.25, -0.2) is 9.67 Å². The normalized spacial score (nSPS) is 14.4. The van der Waals surface area contributed by atoms with Crippen molar-refractivity contribution >= 4 is 41.0 Å². The molecule has 3 rings (SSSR count). The van der Waals surface area contributed by atoms with Crippen LogP contribution in [0, 0.1) is 0 Å². The number of halogens is 2. The minimum absolute atomic E-state index is 0.00499. The zero-order valence-electron chi connectivity index (χ0n) is 15.2. The Bertz CT molecular complexity index is 834. The van der Waals surface area contributed by atoms with Crippen LogP contribution >= 0.6 is 23.2 Å². The number of likely N-dealkylation sites (tertiary alicyclic amines) is 1. The first-order valence-electron chi connectivity index (χ1n) is 9.06. The first-order chi connectivity index (χ1) is 13.5. The van der Waals surface area contributed by atoms with Crippen LogP contribution in [0.2, 0.25) is 10.0 Å². The molecule has 1 saturated heterocycles. The van der Waals surface area contributed by atoms with Crippen LogP contribution in [0.4, 0.5) is 5.95 Å². The molecule has 0 radical (unpaired) electrons. The molecular weight excluding hydrogens is 405 g/mol. The summed E-state index contributed by atoms with van der Waals surface area (Å²) in [5.41, 5.74) is 0. The summed E-state index contributed by atoms with van der Waals surface area (Å²) in [6.07, 6.45) is 5.80. The van der Waals surface area contributed by atoms with E-state index in [-0.39, 0.29) is 25.0 Å². The molecule has 2 aromatic rings. The largest absolute Gasteiger partial charge is 0.482 e. The Hall–Kier alpha value is -2.32. The summed E-state index contributed by atoms with van der Waals surface area (Å²) in [6, 6.07) is 4.73. The van der Waals surface area contributed by atoms with E-state index in [0.29, 0.717) is 15.8 Å². The molecule has 28 heavy (non-hydrogen) atoms. The zero-order chi connectivity index (χ0) is 19.9. The Kier molecular flexibility index (Phi) is 7.11. The van der Waals surface area contributed by atoms with Crippen molar-refractivity contribution in [3.8, 4) is 5.75 Å². The van der Waals surface area contributed by atoms with Crippen LogP contribution in [0.5, 0.6) is 5.75 Å². The standard InChI is InChI=1S/C18H21Cl2N5O3/c19-13-5-6-15(14(20)9-13)28-11-16(26)22-18-21-12-25(23-18)10-17(27)24-7-3-1-2-4-8-24/h5-6,9,12H,1-4,7-8,10-11H2,(H,22,23,26). The number of nitrogens with zero attached hydrogens (tertiary/aromatic N) is 4. The van der Waals surface area contributed by atoms with Gasteiger partial charge in [-0.05, 0) is 31.0 Å². The third-order valence-corrected chi connectivity index (χ3v) is 4.83. The molecule has 150 valence electrons. The quantitative estimate of drug-likeness (QED) is 0.767. The Labute approximate surface area is 172 Å². The van der Waals surface area contributed by atoms with Crippen LogP contribution in [0.3, 0.4) is 0 Å². The van der Waals surface area contributed by atoms with E-state index in [0.717, 1.165) is 38.8 Å². The van der Waals surface area contributed by atoms with Crippen LogP contribution in [-0.4, -0.2) is 51.2 Å². The summed E-state index contributed by atoms with van der Waals surface area (Å²) in [4.78, 5) is 30.3. The number of carbonyl (C=O) groups excluding carboxylic acids is 2.